The number of hydrogen-bond acceptors (Lipinski definition) is 7. The van der Waals surface area contributed by atoms with E-state index in [1.807, 2.05) is 42.6 Å². The molecule has 2 aliphatic heterocycles. The van der Waals surface area contributed by atoms with Gasteiger partial charge in [-0.3, -0.25) is 10.00 Å². The predicted molar refractivity (Wildman–Crippen MR) is 99.2 cm³/mol. The summed E-state index contributed by atoms with van der Waals surface area (Å²) in [5.41, 5.74) is 8.66. The number of aromatic nitrogens is 3. The summed E-state index contributed by atoms with van der Waals surface area (Å²) in [6.07, 6.45) is 6.44. The Bertz CT molecular complexity index is 931. The molecule has 4 rings (SSSR count). The lowest BCUT2D eigenvalue weighted by Crippen LogP contribution is -2.40. The van der Waals surface area contributed by atoms with Gasteiger partial charge in [-0.1, -0.05) is 24.3 Å². The molecule has 8 nitrogen and oxygen atoms in total. The Kier molecular flexibility index (Phi) is 4.53. The molecule has 1 aromatic heterocycles. The fourth-order valence-corrected chi connectivity index (χ4v) is 2.91. The third-order valence-corrected chi connectivity index (χ3v) is 4.39. The van der Waals surface area contributed by atoms with Gasteiger partial charge < -0.3 is 10.8 Å². The lowest BCUT2D eigenvalue weighted by atomic mass is 10.0. The molecule has 2 aromatic rings. The lowest BCUT2D eigenvalue weighted by molar-refractivity contribution is -0.0363. The van der Waals surface area contributed by atoms with Gasteiger partial charge >= 0.3 is 0 Å². The number of rotatable bonds is 5. The number of nitrogens with two attached hydrogens (primary N) is 1. The van der Waals surface area contributed by atoms with Crippen LogP contribution in [0.15, 0.2) is 65.9 Å². The molecule has 3 heterocycles. The summed E-state index contributed by atoms with van der Waals surface area (Å²) in [5.74, 6) is 1.28. The van der Waals surface area contributed by atoms with Gasteiger partial charge in [-0.05, 0) is 28.9 Å². The van der Waals surface area contributed by atoms with E-state index in [1.54, 1.807) is 4.90 Å². The molecule has 0 amide bonds. The second-order valence-electron chi connectivity index (χ2n) is 6.11. The van der Waals surface area contributed by atoms with Crippen molar-refractivity contribution in [3.63, 3.8) is 0 Å². The van der Waals surface area contributed by atoms with Crippen LogP contribution in [-0.4, -0.2) is 55.5 Å². The molecular weight excluding hydrogens is 349 g/mol. The first-order valence-corrected chi connectivity index (χ1v) is 8.35. The van der Waals surface area contributed by atoms with Crippen LogP contribution >= 0.6 is 0 Å². The van der Waals surface area contributed by atoms with Crippen LogP contribution in [0.25, 0.3) is 17.0 Å². The Balaban J connectivity index is 1.53. The van der Waals surface area contributed by atoms with Crippen molar-refractivity contribution >= 4 is 11.4 Å². The Morgan fingerprint density at radius 2 is 2.04 bits per heavy atom. The highest BCUT2D eigenvalue weighted by Gasteiger charge is 2.32. The summed E-state index contributed by atoms with van der Waals surface area (Å²) >= 11 is 0. The minimum absolute atomic E-state index is 0.0685. The van der Waals surface area contributed by atoms with Crippen molar-refractivity contribution in [3.05, 3.63) is 66.4 Å². The van der Waals surface area contributed by atoms with Gasteiger partial charge in [-0.2, -0.15) is 10.2 Å². The maximum Gasteiger partial charge on any atom is 0.228 e. The number of allylic oxidation sites excluding steroid dienone is 2. The molecule has 0 fully saturated rings. The first kappa shape index (κ1) is 17.1. The molecule has 0 radical (unpaired) electrons. The number of H-pyrrole nitrogens is 1. The van der Waals surface area contributed by atoms with Crippen molar-refractivity contribution in [2.75, 3.05) is 13.1 Å². The van der Waals surface area contributed by atoms with E-state index in [0.717, 1.165) is 16.7 Å². The molecular formula is C18H18FN7O. The Hall–Kier alpha value is -3.30. The number of aliphatic hydroxyl groups excluding tert-OH is 1. The number of aromatic amines is 1. The van der Waals surface area contributed by atoms with E-state index >= 15 is 0 Å². The fourth-order valence-electron chi connectivity index (χ4n) is 2.91. The van der Waals surface area contributed by atoms with Crippen LogP contribution < -0.4 is 5.73 Å². The monoisotopic (exact) mass is 367 g/mol. The van der Waals surface area contributed by atoms with E-state index in [4.69, 9.17) is 5.73 Å². The first-order valence-electron chi connectivity index (χ1n) is 8.35. The van der Waals surface area contributed by atoms with Crippen LogP contribution in [0.1, 0.15) is 5.56 Å². The number of nitrogens with zero attached hydrogens (tertiary/aromatic N) is 5. The maximum absolute atomic E-state index is 12.8. The summed E-state index contributed by atoms with van der Waals surface area (Å²) in [6.45, 7) is 0.191. The molecule has 4 N–H and O–H groups in total. The smallest absolute Gasteiger partial charge is 0.228 e. The van der Waals surface area contributed by atoms with Crippen LogP contribution in [-0.2, 0) is 0 Å². The van der Waals surface area contributed by atoms with E-state index < -0.39 is 6.35 Å². The third kappa shape index (κ3) is 3.25. The summed E-state index contributed by atoms with van der Waals surface area (Å²) in [7, 11) is 0. The minimum Gasteiger partial charge on any atom is -0.355 e. The largest absolute Gasteiger partial charge is 0.355 e. The van der Waals surface area contributed by atoms with Crippen molar-refractivity contribution < 1.29 is 9.50 Å². The molecule has 27 heavy (non-hydrogen) atoms. The summed E-state index contributed by atoms with van der Waals surface area (Å²) in [6, 6.07) is 7.82. The van der Waals surface area contributed by atoms with Gasteiger partial charge in [0.15, 0.2) is 11.7 Å². The molecule has 1 unspecified atom stereocenters. The van der Waals surface area contributed by atoms with Gasteiger partial charge in [0.1, 0.15) is 6.33 Å². The molecule has 1 aromatic carbocycles. The van der Waals surface area contributed by atoms with E-state index in [1.165, 1.54) is 11.3 Å². The molecule has 0 spiro atoms. The van der Waals surface area contributed by atoms with Crippen molar-refractivity contribution in [1.82, 2.24) is 25.1 Å². The Morgan fingerprint density at radius 1 is 1.26 bits per heavy atom. The Morgan fingerprint density at radius 3 is 2.70 bits per heavy atom. The summed E-state index contributed by atoms with van der Waals surface area (Å²) < 4.78 is 12.8. The molecule has 0 saturated heterocycles. The highest BCUT2D eigenvalue weighted by atomic mass is 19.1. The number of fused-ring (bicyclic) bond motifs is 1. The number of hydrazone groups is 1. The predicted octanol–water partition coefficient (Wildman–Crippen LogP) is 1.40. The van der Waals surface area contributed by atoms with Gasteiger partial charge in [0, 0.05) is 18.3 Å². The van der Waals surface area contributed by atoms with Crippen LogP contribution in [0.4, 0.5) is 4.39 Å². The van der Waals surface area contributed by atoms with E-state index in [2.05, 4.69) is 20.3 Å². The molecule has 2 aliphatic rings. The zero-order valence-electron chi connectivity index (χ0n) is 14.3. The number of hydrogen-bond donors (Lipinski definition) is 3. The normalized spacial score (nSPS) is 19.2. The minimum atomic E-state index is -1.02. The highest BCUT2D eigenvalue weighted by Crippen LogP contribution is 2.27. The molecule has 0 bridgehead atoms. The summed E-state index contributed by atoms with van der Waals surface area (Å²) in [4.78, 5) is 5.76. The number of amidine groups is 1. The molecule has 9 heteroatoms. The third-order valence-electron chi connectivity index (χ3n) is 4.39. The number of halogens is 1. The SMILES string of the molecule is NC/C(=C\F)CN1N=C2C=CC(c3ccc(-c4ncn[nH]4)cc3)=CN2C1O. The van der Waals surface area contributed by atoms with Crippen LogP contribution in [0, 0.1) is 0 Å². The van der Waals surface area contributed by atoms with E-state index in [9.17, 15) is 9.50 Å². The average Bonchev–Trinajstić information content (AvgIpc) is 3.35. The second-order valence-corrected chi connectivity index (χ2v) is 6.11. The molecule has 0 saturated carbocycles. The topological polar surface area (TPSA) is 107 Å². The fraction of sp³-hybridized carbons (Fsp3) is 0.167. The van der Waals surface area contributed by atoms with Crippen LogP contribution in [0.5, 0.6) is 0 Å². The zero-order chi connectivity index (χ0) is 18.8. The van der Waals surface area contributed by atoms with Crippen LogP contribution in [0.2, 0.25) is 0 Å². The number of benzene rings is 1. The second kappa shape index (κ2) is 7.14. The van der Waals surface area contributed by atoms with Crippen molar-refractivity contribution in [3.8, 4) is 11.4 Å². The standard InChI is InChI=1S/C18H18FN7O/c19-7-12(8-20)9-26-18(27)25-10-15(5-6-16(25)24-26)13-1-3-14(4-2-13)17-21-11-22-23-17/h1-7,10-11,18,27H,8-9,20H2,(H,21,22,23)/b12-7+. The molecule has 138 valence electrons. The quantitative estimate of drug-likeness (QED) is 0.738. The zero-order valence-corrected chi connectivity index (χ0v) is 14.3. The van der Waals surface area contributed by atoms with Gasteiger partial charge in [-0.15, -0.1) is 0 Å². The van der Waals surface area contributed by atoms with E-state index in [0.29, 0.717) is 23.6 Å². The molecule has 0 aliphatic carbocycles. The summed E-state index contributed by atoms with van der Waals surface area (Å²) in [5, 5.41) is 22.9. The van der Waals surface area contributed by atoms with Crippen LogP contribution in [0.3, 0.4) is 0 Å². The van der Waals surface area contributed by atoms with Gasteiger partial charge in [0.25, 0.3) is 0 Å². The first-order chi connectivity index (χ1) is 13.2. The maximum atomic E-state index is 12.8. The van der Waals surface area contributed by atoms with Crippen molar-refractivity contribution in [2.45, 2.75) is 6.35 Å². The average molecular weight is 367 g/mol. The highest BCUT2D eigenvalue weighted by molar-refractivity contribution is 6.00. The lowest BCUT2D eigenvalue weighted by Gasteiger charge is -2.26. The van der Waals surface area contributed by atoms with E-state index in [-0.39, 0.29) is 13.1 Å². The van der Waals surface area contributed by atoms with Gasteiger partial charge in [-0.25, -0.2) is 14.4 Å². The van der Waals surface area contributed by atoms with Gasteiger partial charge in [0.2, 0.25) is 6.35 Å². The Labute approximate surface area is 154 Å². The van der Waals surface area contributed by atoms with Crippen molar-refractivity contribution in [1.29, 1.82) is 0 Å². The number of aliphatic hydroxyl groups is 1. The van der Waals surface area contributed by atoms with Crippen molar-refractivity contribution in [2.24, 2.45) is 10.8 Å². The molecule has 1 atom stereocenters. The van der Waals surface area contributed by atoms with Gasteiger partial charge in [0.05, 0.1) is 12.9 Å². The number of nitrogens with one attached hydrogen (secondary N) is 1.